The van der Waals surface area contributed by atoms with Crippen molar-refractivity contribution >= 4 is 28.0 Å². The number of hydrogen-bond acceptors (Lipinski definition) is 7. The van der Waals surface area contributed by atoms with Crippen molar-refractivity contribution in [1.29, 1.82) is 0 Å². The fourth-order valence-corrected chi connectivity index (χ4v) is 1.94. The lowest BCUT2D eigenvalue weighted by atomic mass is 10.1. The van der Waals surface area contributed by atoms with Crippen LogP contribution in [-0.4, -0.2) is 49.2 Å². The first-order valence-electron chi connectivity index (χ1n) is 5.78. The Morgan fingerprint density at radius 3 is 2.18 bits per heavy atom. The lowest BCUT2D eigenvalue weighted by Gasteiger charge is -2.08. The van der Waals surface area contributed by atoms with Crippen LogP contribution in [0.5, 0.6) is 0 Å². The van der Waals surface area contributed by atoms with Gasteiger partial charge in [-0.05, 0) is 18.2 Å². The zero-order chi connectivity index (χ0) is 16.9. The Bertz CT molecular complexity index is 705. The molecule has 0 fully saturated rings. The first-order chi connectivity index (χ1) is 10.1. The molecule has 0 amide bonds. The van der Waals surface area contributed by atoms with Gasteiger partial charge >= 0.3 is 17.9 Å². The highest BCUT2D eigenvalue weighted by Crippen LogP contribution is 2.17. The summed E-state index contributed by atoms with van der Waals surface area (Å²) >= 11 is 0. The van der Waals surface area contributed by atoms with Crippen molar-refractivity contribution < 1.29 is 41.9 Å². The van der Waals surface area contributed by atoms with Crippen LogP contribution < -0.4 is 0 Å². The first-order valence-corrected chi connectivity index (χ1v) is 7.22. The molecule has 22 heavy (non-hydrogen) atoms. The lowest BCUT2D eigenvalue weighted by molar-refractivity contribution is -0.142. The normalized spacial score (nSPS) is 10.8. The average Bonchev–Trinajstić information content (AvgIpc) is 2.41. The van der Waals surface area contributed by atoms with Gasteiger partial charge in [-0.2, -0.15) is 8.42 Å². The molecule has 1 rings (SSSR count). The summed E-state index contributed by atoms with van der Waals surface area (Å²) in [5.41, 5.74) is -1.05. The molecule has 0 atom stereocenters. The highest BCUT2D eigenvalue weighted by atomic mass is 32.2. The third-order valence-corrected chi connectivity index (χ3v) is 3.21. The van der Waals surface area contributed by atoms with Crippen LogP contribution in [0.25, 0.3) is 0 Å². The second-order valence-electron chi connectivity index (χ2n) is 3.96. The Hall–Kier alpha value is -2.46. The Morgan fingerprint density at radius 2 is 1.68 bits per heavy atom. The standard InChI is InChI=1S/C12H12O9S/c1-7(13)20-4-5-21-12(16)10-6-8(22(17,18)19)2-3-9(10)11(14)15/h2-3,6H,4-5H2,1H3,(H,14,15)(H,17,18,19). The Kier molecular flexibility index (Phi) is 5.60. The number of benzene rings is 1. The van der Waals surface area contributed by atoms with Crippen molar-refractivity contribution in [2.75, 3.05) is 13.2 Å². The number of carboxylic acid groups (broad SMARTS) is 1. The summed E-state index contributed by atoms with van der Waals surface area (Å²) in [6, 6.07) is 2.38. The number of carbonyl (C=O) groups is 3. The molecule has 0 aliphatic carbocycles. The van der Waals surface area contributed by atoms with Gasteiger partial charge in [0.15, 0.2) is 0 Å². The molecule has 1 aromatic carbocycles. The SMILES string of the molecule is CC(=O)OCCOC(=O)c1cc(S(=O)(=O)O)ccc1C(=O)O. The highest BCUT2D eigenvalue weighted by Gasteiger charge is 2.21. The Labute approximate surface area is 125 Å². The van der Waals surface area contributed by atoms with E-state index in [4.69, 9.17) is 9.66 Å². The molecule has 0 saturated heterocycles. The van der Waals surface area contributed by atoms with E-state index in [1.165, 1.54) is 0 Å². The molecular formula is C12H12O9S. The maximum Gasteiger partial charge on any atom is 0.339 e. The Balaban J connectivity index is 3.01. The van der Waals surface area contributed by atoms with Gasteiger partial charge in [-0.15, -0.1) is 0 Å². The summed E-state index contributed by atoms with van der Waals surface area (Å²) < 4.78 is 40.2. The van der Waals surface area contributed by atoms with E-state index in [1.54, 1.807) is 0 Å². The van der Waals surface area contributed by atoms with E-state index in [9.17, 15) is 22.8 Å². The van der Waals surface area contributed by atoms with Crippen LogP contribution in [0.2, 0.25) is 0 Å². The summed E-state index contributed by atoms with van der Waals surface area (Å²) in [7, 11) is -4.61. The average molecular weight is 332 g/mol. The van der Waals surface area contributed by atoms with Crippen molar-refractivity contribution in [3.05, 3.63) is 29.3 Å². The molecule has 0 heterocycles. The molecular weight excluding hydrogens is 320 g/mol. The van der Waals surface area contributed by atoms with Gasteiger partial charge in [0.1, 0.15) is 13.2 Å². The number of rotatable bonds is 6. The van der Waals surface area contributed by atoms with Crippen LogP contribution in [-0.2, 0) is 24.4 Å². The number of hydrogen-bond donors (Lipinski definition) is 2. The molecule has 0 radical (unpaired) electrons. The van der Waals surface area contributed by atoms with Gasteiger partial charge in [0.2, 0.25) is 0 Å². The summed E-state index contributed by atoms with van der Waals surface area (Å²) in [5, 5.41) is 8.96. The maximum atomic E-state index is 11.8. The second-order valence-corrected chi connectivity index (χ2v) is 5.39. The van der Waals surface area contributed by atoms with Crippen LogP contribution in [0.15, 0.2) is 23.1 Å². The third kappa shape index (κ3) is 4.82. The predicted molar refractivity (Wildman–Crippen MR) is 70.1 cm³/mol. The Morgan fingerprint density at radius 1 is 1.09 bits per heavy atom. The van der Waals surface area contributed by atoms with Crippen LogP contribution in [0.1, 0.15) is 27.6 Å². The summed E-state index contributed by atoms with van der Waals surface area (Å²) in [6.07, 6.45) is 0. The van der Waals surface area contributed by atoms with Gasteiger partial charge < -0.3 is 14.6 Å². The first kappa shape index (κ1) is 17.6. The smallest absolute Gasteiger partial charge is 0.339 e. The summed E-state index contributed by atoms with van der Waals surface area (Å²) in [4.78, 5) is 32.7. The van der Waals surface area contributed by atoms with Crippen LogP contribution >= 0.6 is 0 Å². The van der Waals surface area contributed by atoms with E-state index in [0.29, 0.717) is 6.07 Å². The molecule has 0 spiro atoms. The quantitative estimate of drug-likeness (QED) is 0.428. The fourth-order valence-electron chi connectivity index (χ4n) is 1.44. The van der Waals surface area contributed by atoms with Gasteiger partial charge in [-0.25, -0.2) is 9.59 Å². The molecule has 10 heteroatoms. The van der Waals surface area contributed by atoms with Crippen molar-refractivity contribution in [3.63, 3.8) is 0 Å². The third-order valence-electron chi connectivity index (χ3n) is 2.36. The molecule has 0 unspecified atom stereocenters. The van der Waals surface area contributed by atoms with E-state index in [-0.39, 0.29) is 13.2 Å². The zero-order valence-corrected chi connectivity index (χ0v) is 12.1. The monoisotopic (exact) mass is 332 g/mol. The van der Waals surface area contributed by atoms with Gasteiger partial charge in [-0.1, -0.05) is 0 Å². The van der Waals surface area contributed by atoms with E-state index in [2.05, 4.69) is 9.47 Å². The molecule has 0 aliphatic heterocycles. The minimum absolute atomic E-state index is 0.235. The number of carboxylic acids is 1. The lowest BCUT2D eigenvalue weighted by Crippen LogP contribution is -2.16. The number of aromatic carboxylic acids is 1. The van der Waals surface area contributed by atoms with Crippen molar-refractivity contribution in [1.82, 2.24) is 0 Å². The largest absolute Gasteiger partial charge is 0.478 e. The molecule has 9 nitrogen and oxygen atoms in total. The van der Waals surface area contributed by atoms with Gasteiger partial charge in [0, 0.05) is 6.92 Å². The number of ether oxygens (including phenoxy) is 2. The minimum atomic E-state index is -4.61. The molecule has 1 aromatic rings. The van der Waals surface area contributed by atoms with Gasteiger partial charge in [0.25, 0.3) is 10.1 Å². The summed E-state index contributed by atoms with van der Waals surface area (Å²) in [5.74, 6) is -3.19. The minimum Gasteiger partial charge on any atom is -0.478 e. The van der Waals surface area contributed by atoms with E-state index >= 15 is 0 Å². The van der Waals surface area contributed by atoms with Crippen LogP contribution in [0.3, 0.4) is 0 Å². The van der Waals surface area contributed by atoms with Crippen molar-refractivity contribution in [2.24, 2.45) is 0 Å². The summed E-state index contributed by atoms with van der Waals surface area (Å²) in [6.45, 7) is 0.578. The topological polar surface area (TPSA) is 144 Å². The van der Waals surface area contributed by atoms with E-state index in [1.807, 2.05) is 0 Å². The van der Waals surface area contributed by atoms with Crippen molar-refractivity contribution in [2.45, 2.75) is 11.8 Å². The predicted octanol–water partition coefficient (Wildman–Crippen LogP) is 0.351. The molecule has 0 aliphatic rings. The highest BCUT2D eigenvalue weighted by molar-refractivity contribution is 7.85. The number of carbonyl (C=O) groups excluding carboxylic acids is 2. The molecule has 120 valence electrons. The fraction of sp³-hybridized carbons (Fsp3) is 0.250. The molecule has 0 aromatic heterocycles. The zero-order valence-electron chi connectivity index (χ0n) is 11.3. The van der Waals surface area contributed by atoms with E-state index in [0.717, 1.165) is 19.1 Å². The molecule has 0 saturated carbocycles. The van der Waals surface area contributed by atoms with Crippen LogP contribution in [0, 0.1) is 0 Å². The molecule has 2 N–H and O–H groups in total. The number of esters is 2. The van der Waals surface area contributed by atoms with Crippen LogP contribution in [0.4, 0.5) is 0 Å². The van der Waals surface area contributed by atoms with E-state index < -0.39 is 44.0 Å². The van der Waals surface area contributed by atoms with Gasteiger partial charge in [0.05, 0.1) is 16.0 Å². The maximum absolute atomic E-state index is 11.8. The van der Waals surface area contributed by atoms with Gasteiger partial charge in [-0.3, -0.25) is 9.35 Å². The molecule has 0 bridgehead atoms. The van der Waals surface area contributed by atoms with Crippen molar-refractivity contribution in [3.8, 4) is 0 Å². The second kappa shape index (κ2) is 7.00.